The molecule has 0 spiro atoms. The first-order valence-corrected chi connectivity index (χ1v) is 13.1. The number of halogens is 2. The van der Waals surface area contributed by atoms with E-state index in [9.17, 15) is 24.5 Å². The van der Waals surface area contributed by atoms with Crippen LogP contribution in [0.15, 0.2) is 60.8 Å². The second-order valence-corrected chi connectivity index (χ2v) is 10.4. The first-order valence-electron chi connectivity index (χ1n) is 12.3. The molecule has 1 unspecified atom stereocenters. The van der Waals surface area contributed by atoms with Gasteiger partial charge in [0, 0.05) is 30.9 Å². The fraction of sp³-hybridized carbons (Fsp3) is 0.148. The van der Waals surface area contributed by atoms with Gasteiger partial charge in [0.2, 0.25) is 0 Å². The molecule has 2 aromatic carbocycles. The fourth-order valence-electron chi connectivity index (χ4n) is 5.07. The Hall–Kier alpha value is -5.11. The molecule has 0 bridgehead atoms. The van der Waals surface area contributed by atoms with Gasteiger partial charge in [-0.1, -0.05) is 34.8 Å². The molecule has 14 heteroatoms. The van der Waals surface area contributed by atoms with E-state index in [1.165, 1.54) is 41.4 Å². The van der Waals surface area contributed by atoms with Crippen molar-refractivity contribution in [3.05, 3.63) is 115 Å². The van der Waals surface area contributed by atoms with Crippen molar-refractivity contribution in [2.45, 2.75) is 12.5 Å². The summed E-state index contributed by atoms with van der Waals surface area (Å²) in [5.74, 6) is -3.49. The van der Waals surface area contributed by atoms with Crippen LogP contribution in [0.4, 0.5) is 13.8 Å². The lowest BCUT2D eigenvalue weighted by Crippen LogP contribution is -2.35. The van der Waals surface area contributed by atoms with Crippen LogP contribution in [0.1, 0.15) is 59.7 Å². The number of thiophene rings is 1. The van der Waals surface area contributed by atoms with Gasteiger partial charge in [-0.3, -0.25) is 34.5 Å². The topological polar surface area (TPSA) is 142 Å². The molecule has 0 radical (unpaired) electrons. The molecule has 4 aromatic rings. The summed E-state index contributed by atoms with van der Waals surface area (Å²) in [6.45, 7) is 0.199. The number of carbonyl (C=O) groups excluding carboxylic acids is 3. The average Bonchev–Trinajstić information content (AvgIpc) is 3.72. The van der Waals surface area contributed by atoms with E-state index in [-0.39, 0.29) is 57.3 Å². The largest absolute Gasteiger partial charge is 0.334 e. The fourth-order valence-corrected chi connectivity index (χ4v) is 5.86. The van der Waals surface area contributed by atoms with E-state index in [0.717, 1.165) is 28.4 Å². The Morgan fingerprint density at radius 3 is 2.29 bits per heavy atom. The zero-order valence-electron chi connectivity index (χ0n) is 20.9. The molecule has 6 rings (SSSR count). The molecule has 0 saturated heterocycles. The molecule has 3 amide bonds. The van der Waals surface area contributed by atoms with Gasteiger partial charge in [-0.2, -0.15) is 0 Å². The SMILES string of the molecule is O=C(c1ccc([N+](=O)[O-])s1)N1CC=C(c2c(F)cc(C(c3c[nH]nn3)N3C(=O)c4ccccc4C3=O)cc2F)CC1. The number of imide groups is 1. The highest BCUT2D eigenvalue weighted by Gasteiger charge is 2.42. The van der Waals surface area contributed by atoms with Crippen LogP contribution >= 0.6 is 11.3 Å². The van der Waals surface area contributed by atoms with E-state index in [4.69, 9.17) is 0 Å². The zero-order chi connectivity index (χ0) is 28.8. The quantitative estimate of drug-likeness (QED) is 0.204. The molecule has 11 nitrogen and oxygen atoms in total. The molecule has 41 heavy (non-hydrogen) atoms. The number of hydrogen-bond acceptors (Lipinski definition) is 8. The molecule has 0 aliphatic carbocycles. The van der Waals surface area contributed by atoms with Crippen LogP contribution in [0.5, 0.6) is 0 Å². The standard InChI is InChI=1S/C27H18F2N6O5S/c28-18-11-15(24(20-13-30-32-31-20)34-25(36)16-3-1-2-4-17(16)26(34)37)12-19(29)23(18)14-7-9-33(10-8-14)27(38)21-5-6-22(41-21)35(39)40/h1-7,11-13,24H,8-10H2,(H,30,31,32). The van der Waals surface area contributed by atoms with Gasteiger partial charge in [0.1, 0.15) is 23.4 Å². The monoisotopic (exact) mass is 576 g/mol. The Morgan fingerprint density at radius 2 is 1.76 bits per heavy atom. The number of nitrogens with zero attached hydrogens (tertiary/aromatic N) is 5. The van der Waals surface area contributed by atoms with E-state index in [0.29, 0.717) is 5.57 Å². The maximum absolute atomic E-state index is 15.6. The van der Waals surface area contributed by atoms with E-state index in [2.05, 4.69) is 15.4 Å². The summed E-state index contributed by atoms with van der Waals surface area (Å²) in [6, 6.07) is 9.74. The maximum Gasteiger partial charge on any atom is 0.324 e. The van der Waals surface area contributed by atoms with Gasteiger partial charge in [-0.05, 0) is 47.9 Å². The van der Waals surface area contributed by atoms with Crippen LogP contribution in [0.2, 0.25) is 0 Å². The highest BCUT2D eigenvalue weighted by atomic mass is 32.1. The maximum atomic E-state index is 15.6. The Morgan fingerprint density at radius 1 is 1.07 bits per heavy atom. The van der Waals surface area contributed by atoms with Crippen LogP contribution < -0.4 is 0 Å². The predicted molar refractivity (Wildman–Crippen MR) is 141 cm³/mol. The number of aromatic amines is 1. The van der Waals surface area contributed by atoms with E-state index < -0.39 is 40.3 Å². The molecular weight excluding hydrogens is 558 g/mol. The first kappa shape index (κ1) is 26.1. The average molecular weight is 577 g/mol. The Kier molecular flexibility index (Phi) is 6.46. The number of hydrogen-bond donors (Lipinski definition) is 1. The minimum atomic E-state index is -1.25. The molecule has 0 saturated carbocycles. The highest BCUT2D eigenvalue weighted by molar-refractivity contribution is 7.17. The van der Waals surface area contributed by atoms with Crippen molar-refractivity contribution in [2.24, 2.45) is 0 Å². The molecular formula is C27H18F2N6O5S. The second kappa shape index (κ2) is 10.1. The normalized spacial score (nSPS) is 15.6. The van der Waals surface area contributed by atoms with Gasteiger partial charge in [-0.15, -0.1) is 5.10 Å². The van der Waals surface area contributed by atoms with E-state index >= 15 is 8.78 Å². The smallest absolute Gasteiger partial charge is 0.324 e. The van der Waals surface area contributed by atoms with E-state index in [1.54, 1.807) is 12.1 Å². The summed E-state index contributed by atoms with van der Waals surface area (Å²) in [5, 5.41) is 20.8. The third kappa shape index (κ3) is 4.47. The van der Waals surface area contributed by atoms with Gasteiger partial charge in [-0.25, -0.2) is 8.78 Å². The van der Waals surface area contributed by atoms with Crippen LogP contribution in [-0.4, -0.2) is 60.9 Å². The van der Waals surface area contributed by atoms with Gasteiger partial charge < -0.3 is 4.90 Å². The molecule has 2 aliphatic rings. The third-order valence-electron chi connectivity index (χ3n) is 6.98. The second-order valence-electron chi connectivity index (χ2n) is 9.31. The van der Waals surface area contributed by atoms with Crippen molar-refractivity contribution >= 4 is 39.6 Å². The van der Waals surface area contributed by atoms with Crippen molar-refractivity contribution in [1.82, 2.24) is 25.2 Å². The van der Waals surface area contributed by atoms with Crippen molar-refractivity contribution in [1.29, 1.82) is 0 Å². The van der Waals surface area contributed by atoms with Crippen molar-refractivity contribution in [3.8, 4) is 0 Å². The van der Waals surface area contributed by atoms with Crippen LogP contribution in [-0.2, 0) is 0 Å². The number of H-pyrrole nitrogens is 1. The number of aromatic nitrogens is 3. The number of fused-ring (bicyclic) bond motifs is 1. The Labute approximate surface area is 233 Å². The number of carbonyl (C=O) groups is 3. The number of benzene rings is 2. The van der Waals surface area contributed by atoms with Crippen molar-refractivity contribution in [2.75, 3.05) is 13.1 Å². The Balaban J connectivity index is 1.29. The molecule has 206 valence electrons. The molecule has 1 N–H and O–H groups in total. The highest BCUT2D eigenvalue weighted by Crippen LogP contribution is 2.37. The molecule has 2 aromatic heterocycles. The lowest BCUT2D eigenvalue weighted by molar-refractivity contribution is -0.380. The summed E-state index contributed by atoms with van der Waals surface area (Å²) < 4.78 is 31.2. The van der Waals surface area contributed by atoms with Gasteiger partial charge in [0.05, 0.1) is 20.9 Å². The number of nitrogens with one attached hydrogen (secondary N) is 1. The minimum absolute atomic E-state index is 0.0142. The van der Waals surface area contributed by atoms with Crippen molar-refractivity contribution < 1.29 is 28.1 Å². The van der Waals surface area contributed by atoms with Crippen LogP contribution in [0.25, 0.3) is 5.57 Å². The predicted octanol–water partition coefficient (Wildman–Crippen LogP) is 4.37. The van der Waals surface area contributed by atoms with Gasteiger partial charge in [0.25, 0.3) is 17.7 Å². The lowest BCUT2D eigenvalue weighted by atomic mass is 9.94. The zero-order valence-corrected chi connectivity index (χ0v) is 21.7. The molecule has 2 aliphatic heterocycles. The summed E-state index contributed by atoms with van der Waals surface area (Å²) in [4.78, 5) is 52.1. The van der Waals surface area contributed by atoms with Crippen molar-refractivity contribution in [3.63, 3.8) is 0 Å². The lowest BCUT2D eigenvalue weighted by Gasteiger charge is -2.27. The minimum Gasteiger partial charge on any atom is -0.334 e. The molecule has 0 fully saturated rings. The number of rotatable bonds is 6. The molecule has 4 heterocycles. The van der Waals surface area contributed by atoms with Gasteiger partial charge >= 0.3 is 5.00 Å². The third-order valence-corrected chi connectivity index (χ3v) is 8.00. The summed E-state index contributed by atoms with van der Waals surface area (Å²) >= 11 is 0.760. The van der Waals surface area contributed by atoms with Crippen LogP contribution in [0.3, 0.4) is 0 Å². The first-order chi connectivity index (χ1) is 19.7. The number of amides is 3. The molecule has 1 atom stereocenters. The number of nitro groups is 1. The summed E-state index contributed by atoms with van der Waals surface area (Å²) in [7, 11) is 0. The summed E-state index contributed by atoms with van der Waals surface area (Å²) in [5.41, 5.74) is 0.505. The van der Waals surface area contributed by atoms with E-state index in [1.807, 2.05) is 0 Å². The van der Waals surface area contributed by atoms with Gasteiger partial charge in [0.15, 0.2) is 0 Å². The summed E-state index contributed by atoms with van der Waals surface area (Å²) in [6.07, 6.45) is 3.01. The Bertz CT molecular complexity index is 1710. The van der Waals surface area contributed by atoms with Crippen LogP contribution in [0, 0.1) is 21.7 Å².